The molecule has 0 spiro atoms. The molecule has 0 bridgehead atoms. The van der Waals surface area contributed by atoms with E-state index in [0.717, 1.165) is 11.1 Å². The van der Waals surface area contributed by atoms with Crippen LogP contribution in [0.3, 0.4) is 0 Å². The molecular formula is C12H13NO3. The van der Waals surface area contributed by atoms with Crippen LogP contribution in [-0.2, 0) is 13.2 Å². The Bertz CT molecular complexity index is 474. The molecule has 0 aliphatic heterocycles. The fraction of sp³-hybridized carbons (Fsp3) is 0.250. The molecule has 2 aromatic rings. The molecular weight excluding hydrogens is 206 g/mol. The second kappa shape index (κ2) is 4.47. The fourth-order valence-electron chi connectivity index (χ4n) is 1.57. The predicted molar refractivity (Wildman–Crippen MR) is 58.5 cm³/mol. The molecule has 0 aliphatic carbocycles. The van der Waals surface area contributed by atoms with Gasteiger partial charge in [-0.05, 0) is 6.92 Å². The van der Waals surface area contributed by atoms with Gasteiger partial charge in [-0.25, -0.2) is 0 Å². The van der Waals surface area contributed by atoms with E-state index in [2.05, 4.69) is 5.16 Å². The van der Waals surface area contributed by atoms with Gasteiger partial charge in [0.15, 0.2) is 5.76 Å². The summed E-state index contributed by atoms with van der Waals surface area (Å²) in [6.07, 6.45) is 0. The average molecular weight is 219 g/mol. The first kappa shape index (κ1) is 10.9. The van der Waals surface area contributed by atoms with Crippen LogP contribution in [0.25, 0.3) is 11.3 Å². The zero-order valence-corrected chi connectivity index (χ0v) is 8.97. The number of benzene rings is 1. The highest BCUT2D eigenvalue weighted by Gasteiger charge is 2.15. The minimum atomic E-state index is -0.255. The van der Waals surface area contributed by atoms with Gasteiger partial charge in [0.25, 0.3) is 0 Å². The van der Waals surface area contributed by atoms with Crippen molar-refractivity contribution >= 4 is 0 Å². The summed E-state index contributed by atoms with van der Waals surface area (Å²) in [4.78, 5) is 0. The lowest BCUT2D eigenvalue weighted by molar-refractivity contribution is 0.219. The van der Waals surface area contributed by atoms with E-state index in [0.29, 0.717) is 17.0 Å². The number of aliphatic hydroxyl groups excluding tert-OH is 2. The molecule has 2 rings (SSSR count). The van der Waals surface area contributed by atoms with E-state index >= 15 is 0 Å². The second-order valence-electron chi connectivity index (χ2n) is 3.62. The summed E-state index contributed by atoms with van der Waals surface area (Å²) in [5.41, 5.74) is 3.16. The van der Waals surface area contributed by atoms with Crippen LogP contribution in [0.15, 0.2) is 28.8 Å². The summed E-state index contributed by atoms with van der Waals surface area (Å²) in [5.74, 6) is 0.318. The molecule has 0 saturated heterocycles. The Labute approximate surface area is 93.1 Å². The van der Waals surface area contributed by atoms with Gasteiger partial charge in [0.2, 0.25) is 0 Å². The fourth-order valence-corrected chi connectivity index (χ4v) is 1.57. The van der Waals surface area contributed by atoms with Gasteiger partial charge in [-0.3, -0.25) is 0 Å². The molecule has 1 aromatic carbocycles. The Morgan fingerprint density at radius 3 is 2.38 bits per heavy atom. The Balaban J connectivity index is 2.47. The summed E-state index contributed by atoms with van der Waals surface area (Å²) in [6, 6.07) is 7.74. The lowest BCUT2D eigenvalue weighted by Crippen LogP contribution is -1.91. The molecule has 0 fully saturated rings. The van der Waals surface area contributed by atoms with Gasteiger partial charge in [-0.2, -0.15) is 0 Å². The lowest BCUT2D eigenvalue weighted by Gasteiger charge is -2.00. The van der Waals surface area contributed by atoms with Gasteiger partial charge in [0.05, 0.1) is 12.2 Å². The lowest BCUT2D eigenvalue weighted by atomic mass is 10.1. The van der Waals surface area contributed by atoms with Gasteiger partial charge >= 0.3 is 0 Å². The number of aromatic nitrogens is 1. The summed E-state index contributed by atoms with van der Waals surface area (Å²) >= 11 is 0. The molecule has 84 valence electrons. The van der Waals surface area contributed by atoms with E-state index in [9.17, 15) is 5.11 Å². The monoisotopic (exact) mass is 219 g/mol. The minimum Gasteiger partial charge on any atom is -0.391 e. The number of aryl methyl sites for hydroxylation is 1. The maximum atomic E-state index is 9.22. The van der Waals surface area contributed by atoms with Crippen LogP contribution < -0.4 is 0 Å². The minimum absolute atomic E-state index is 0.192. The van der Waals surface area contributed by atoms with Crippen LogP contribution in [-0.4, -0.2) is 15.4 Å². The molecule has 0 radical (unpaired) electrons. The molecule has 0 saturated carbocycles. The van der Waals surface area contributed by atoms with Crippen LogP contribution in [0.1, 0.15) is 16.9 Å². The van der Waals surface area contributed by atoms with Crippen LogP contribution in [0.4, 0.5) is 0 Å². The van der Waals surface area contributed by atoms with Crippen LogP contribution in [0, 0.1) is 6.92 Å². The van der Waals surface area contributed by atoms with Crippen molar-refractivity contribution in [1.82, 2.24) is 5.16 Å². The van der Waals surface area contributed by atoms with Gasteiger partial charge in [-0.15, -0.1) is 0 Å². The van der Waals surface area contributed by atoms with Gasteiger partial charge < -0.3 is 14.7 Å². The first-order valence-electron chi connectivity index (χ1n) is 5.02. The van der Waals surface area contributed by atoms with E-state index in [4.69, 9.17) is 9.63 Å². The Morgan fingerprint density at radius 2 is 1.81 bits per heavy atom. The van der Waals surface area contributed by atoms with Crippen molar-refractivity contribution in [3.8, 4) is 11.3 Å². The molecule has 2 N–H and O–H groups in total. The molecule has 0 aliphatic rings. The van der Waals surface area contributed by atoms with Crippen molar-refractivity contribution in [2.24, 2.45) is 0 Å². The van der Waals surface area contributed by atoms with Crippen molar-refractivity contribution in [2.75, 3.05) is 0 Å². The van der Waals surface area contributed by atoms with E-state index in [1.165, 1.54) is 0 Å². The third-order valence-electron chi connectivity index (χ3n) is 2.50. The third kappa shape index (κ3) is 1.85. The summed E-state index contributed by atoms with van der Waals surface area (Å²) < 4.78 is 4.96. The van der Waals surface area contributed by atoms with E-state index in [-0.39, 0.29) is 13.2 Å². The number of hydrogen-bond donors (Lipinski definition) is 2. The van der Waals surface area contributed by atoms with Crippen molar-refractivity contribution < 1.29 is 14.7 Å². The van der Waals surface area contributed by atoms with Crippen molar-refractivity contribution in [2.45, 2.75) is 20.1 Å². The first-order chi connectivity index (χ1) is 7.76. The summed E-state index contributed by atoms with van der Waals surface area (Å²) in [6.45, 7) is 1.55. The van der Waals surface area contributed by atoms with Crippen LogP contribution in [0.2, 0.25) is 0 Å². The molecule has 4 nitrogen and oxygen atoms in total. The molecule has 1 heterocycles. The number of hydrogen-bond acceptors (Lipinski definition) is 4. The van der Waals surface area contributed by atoms with Crippen molar-refractivity contribution in [3.05, 3.63) is 41.2 Å². The Hall–Kier alpha value is -1.65. The normalized spacial score (nSPS) is 10.7. The van der Waals surface area contributed by atoms with E-state index in [1.54, 1.807) is 0 Å². The molecule has 1 aromatic heterocycles. The van der Waals surface area contributed by atoms with Crippen molar-refractivity contribution in [1.29, 1.82) is 0 Å². The maximum absolute atomic E-state index is 9.22. The SMILES string of the molecule is Cc1ccc(-c2noc(CO)c2CO)cc1. The Morgan fingerprint density at radius 1 is 1.12 bits per heavy atom. The quantitative estimate of drug-likeness (QED) is 0.823. The number of rotatable bonds is 3. The highest BCUT2D eigenvalue weighted by molar-refractivity contribution is 5.63. The zero-order chi connectivity index (χ0) is 11.5. The zero-order valence-electron chi connectivity index (χ0n) is 8.97. The summed E-state index contributed by atoms with van der Waals surface area (Å²) in [5, 5.41) is 22.1. The largest absolute Gasteiger partial charge is 0.391 e. The number of aliphatic hydroxyl groups is 2. The first-order valence-corrected chi connectivity index (χ1v) is 5.02. The van der Waals surface area contributed by atoms with Crippen LogP contribution >= 0.6 is 0 Å². The van der Waals surface area contributed by atoms with Gasteiger partial charge in [-0.1, -0.05) is 35.0 Å². The van der Waals surface area contributed by atoms with Gasteiger partial charge in [0.1, 0.15) is 12.3 Å². The molecule has 4 heteroatoms. The van der Waals surface area contributed by atoms with E-state index < -0.39 is 0 Å². The maximum Gasteiger partial charge on any atom is 0.168 e. The molecule has 16 heavy (non-hydrogen) atoms. The van der Waals surface area contributed by atoms with E-state index in [1.807, 2.05) is 31.2 Å². The molecule has 0 unspecified atom stereocenters. The molecule has 0 amide bonds. The second-order valence-corrected chi connectivity index (χ2v) is 3.62. The van der Waals surface area contributed by atoms with Crippen molar-refractivity contribution in [3.63, 3.8) is 0 Å². The van der Waals surface area contributed by atoms with Gasteiger partial charge in [0, 0.05) is 5.56 Å². The predicted octanol–water partition coefficient (Wildman–Crippen LogP) is 1.63. The summed E-state index contributed by atoms with van der Waals surface area (Å²) in [7, 11) is 0. The average Bonchev–Trinajstić information content (AvgIpc) is 2.72. The smallest absolute Gasteiger partial charge is 0.168 e. The third-order valence-corrected chi connectivity index (χ3v) is 2.50. The Kier molecular flexibility index (Phi) is 3.03. The highest BCUT2D eigenvalue weighted by Crippen LogP contribution is 2.25. The van der Waals surface area contributed by atoms with Crippen LogP contribution in [0.5, 0.6) is 0 Å². The molecule has 0 atom stereocenters. The standard InChI is InChI=1S/C12H13NO3/c1-8-2-4-9(5-3-8)12-10(6-14)11(7-15)16-13-12/h2-5,14-15H,6-7H2,1H3. The number of nitrogens with zero attached hydrogens (tertiary/aromatic N) is 1. The topological polar surface area (TPSA) is 66.5 Å². The highest BCUT2D eigenvalue weighted by atomic mass is 16.5.